The summed E-state index contributed by atoms with van der Waals surface area (Å²) < 4.78 is 6.63. The molecule has 0 amide bonds. The number of hydrogen-bond donors (Lipinski definition) is 1. The van der Waals surface area contributed by atoms with Gasteiger partial charge in [-0.3, -0.25) is 9.89 Å². The van der Waals surface area contributed by atoms with Gasteiger partial charge >= 0.3 is 0 Å². The van der Waals surface area contributed by atoms with Crippen LogP contribution in [0, 0.1) is 0 Å². The third-order valence-electron chi connectivity index (χ3n) is 2.35. The zero-order chi connectivity index (χ0) is 11.0. The molecule has 3 aromatic heterocycles. The Bertz CT molecular complexity index is 664. The van der Waals surface area contributed by atoms with Crippen LogP contribution >= 0.6 is 0 Å². The van der Waals surface area contributed by atoms with E-state index in [1.54, 1.807) is 18.4 Å². The van der Waals surface area contributed by atoms with E-state index in [4.69, 9.17) is 4.42 Å². The van der Waals surface area contributed by atoms with Gasteiger partial charge in [0, 0.05) is 6.07 Å². The van der Waals surface area contributed by atoms with E-state index in [2.05, 4.69) is 10.1 Å². The van der Waals surface area contributed by atoms with E-state index in [-0.39, 0.29) is 5.56 Å². The van der Waals surface area contributed by atoms with Crippen molar-refractivity contribution in [2.75, 3.05) is 0 Å². The highest BCUT2D eigenvalue weighted by Crippen LogP contribution is 2.06. The maximum absolute atomic E-state index is 11.5. The van der Waals surface area contributed by atoms with Crippen LogP contribution in [0.15, 0.2) is 45.8 Å². The van der Waals surface area contributed by atoms with Crippen molar-refractivity contribution in [1.29, 1.82) is 0 Å². The molecule has 5 heteroatoms. The normalized spacial score (nSPS) is 11.0. The second-order valence-electron chi connectivity index (χ2n) is 3.48. The number of rotatable bonds is 2. The second-order valence-corrected chi connectivity index (χ2v) is 3.48. The van der Waals surface area contributed by atoms with Crippen LogP contribution in [-0.4, -0.2) is 14.6 Å². The molecule has 0 unspecified atom stereocenters. The van der Waals surface area contributed by atoms with Gasteiger partial charge in [0.25, 0.3) is 5.56 Å². The number of nitrogens with zero attached hydrogens (tertiary/aromatic N) is 2. The summed E-state index contributed by atoms with van der Waals surface area (Å²) in [5, 5.41) is 2.94. The van der Waals surface area contributed by atoms with Crippen molar-refractivity contribution < 1.29 is 4.42 Å². The summed E-state index contributed by atoms with van der Waals surface area (Å²) in [6.45, 7) is 0. The van der Waals surface area contributed by atoms with Crippen molar-refractivity contribution in [2.24, 2.45) is 0 Å². The third kappa shape index (κ3) is 1.42. The molecular weight excluding hydrogens is 206 g/mol. The lowest BCUT2D eigenvalue weighted by Crippen LogP contribution is -2.11. The van der Waals surface area contributed by atoms with Gasteiger partial charge in [0.05, 0.1) is 12.7 Å². The molecule has 16 heavy (non-hydrogen) atoms. The van der Waals surface area contributed by atoms with Crippen molar-refractivity contribution in [3.8, 4) is 0 Å². The molecule has 1 N–H and O–H groups in total. The Kier molecular flexibility index (Phi) is 1.89. The summed E-state index contributed by atoms with van der Waals surface area (Å²) in [5.41, 5.74) is 0.504. The largest absolute Gasteiger partial charge is 0.469 e. The molecule has 0 saturated carbocycles. The first kappa shape index (κ1) is 8.96. The van der Waals surface area contributed by atoms with Gasteiger partial charge in [-0.25, -0.2) is 9.50 Å². The molecule has 0 aliphatic carbocycles. The third-order valence-corrected chi connectivity index (χ3v) is 2.35. The van der Waals surface area contributed by atoms with Crippen molar-refractivity contribution in [2.45, 2.75) is 6.42 Å². The number of pyridine rings is 1. The molecule has 3 rings (SSSR count). The molecule has 0 aromatic carbocycles. The molecule has 0 aliphatic rings. The highest BCUT2D eigenvalue weighted by atomic mass is 16.3. The molecule has 0 radical (unpaired) electrons. The second kappa shape index (κ2) is 3.37. The molecule has 0 fully saturated rings. The van der Waals surface area contributed by atoms with Crippen LogP contribution in [0.1, 0.15) is 11.6 Å². The van der Waals surface area contributed by atoms with E-state index < -0.39 is 0 Å². The average molecular weight is 215 g/mol. The molecule has 0 bridgehead atoms. The lowest BCUT2D eigenvalue weighted by molar-refractivity contribution is 0.517. The van der Waals surface area contributed by atoms with E-state index in [0.29, 0.717) is 17.9 Å². The first-order valence-corrected chi connectivity index (χ1v) is 4.92. The first-order valence-electron chi connectivity index (χ1n) is 4.92. The summed E-state index contributed by atoms with van der Waals surface area (Å²) in [6, 6.07) is 8.65. The van der Waals surface area contributed by atoms with Gasteiger partial charge in [-0.1, -0.05) is 6.07 Å². The minimum Gasteiger partial charge on any atom is -0.469 e. The van der Waals surface area contributed by atoms with Crippen LogP contribution in [0.5, 0.6) is 0 Å². The van der Waals surface area contributed by atoms with E-state index in [0.717, 1.165) is 5.76 Å². The maximum atomic E-state index is 11.5. The highest BCUT2D eigenvalue weighted by molar-refractivity contribution is 5.36. The SMILES string of the molecule is O=c1cccc2nc(Cc3ccco3)[nH]n12. The van der Waals surface area contributed by atoms with Crippen LogP contribution < -0.4 is 5.56 Å². The van der Waals surface area contributed by atoms with Crippen molar-refractivity contribution in [1.82, 2.24) is 14.6 Å². The zero-order valence-electron chi connectivity index (χ0n) is 8.38. The van der Waals surface area contributed by atoms with Crippen LogP contribution in [0.4, 0.5) is 0 Å². The van der Waals surface area contributed by atoms with Gasteiger partial charge in [0.2, 0.25) is 0 Å². The van der Waals surface area contributed by atoms with Crippen molar-refractivity contribution in [3.05, 3.63) is 58.5 Å². The standard InChI is InChI=1S/C11H9N3O2/c15-11-5-1-4-10-12-9(13-14(10)11)7-8-3-2-6-16-8/h1-6H,7H2,(H,12,13). The fraction of sp³-hybridized carbons (Fsp3) is 0.0909. The zero-order valence-corrected chi connectivity index (χ0v) is 8.38. The van der Waals surface area contributed by atoms with Crippen LogP contribution in [0.2, 0.25) is 0 Å². The number of furan rings is 1. The van der Waals surface area contributed by atoms with Crippen LogP contribution in [0.3, 0.4) is 0 Å². The number of aromatic amines is 1. The van der Waals surface area contributed by atoms with Gasteiger partial charge in [0.15, 0.2) is 5.65 Å². The van der Waals surface area contributed by atoms with Gasteiger partial charge in [-0.05, 0) is 18.2 Å². The number of hydrogen-bond acceptors (Lipinski definition) is 3. The van der Waals surface area contributed by atoms with E-state index >= 15 is 0 Å². The molecule has 80 valence electrons. The predicted molar refractivity (Wildman–Crippen MR) is 57.3 cm³/mol. The van der Waals surface area contributed by atoms with Gasteiger partial charge in [0.1, 0.15) is 11.6 Å². The molecular formula is C11H9N3O2. The van der Waals surface area contributed by atoms with Crippen LogP contribution in [-0.2, 0) is 6.42 Å². The Labute approximate surface area is 90.3 Å². The minimum absolute atomic E-state index is 0.115. The topological polar surface area (TPSA) is 63.3 Å². The van der Waals surface area contributed by atoms with Crippen molar-refractivity contribution in [3.63, 3.8) is 0 Å². The summed E-state index contributed by atoms with van der Waals surface area (Å²) in [5.74, 6) is 1.52. The fourth-order valence-electron chi connectivity index (χ4n) is 1.63. The average Bonchev–Trinajstić information content (AvgIpc) is 2.88. The summed E-state index contributed by atoms with van der Waals surface area (Å²) in [7, 11) is 0. The van der Waals surface area contributed by atoms with E-state index in [9.17, 15) is 4.79 Å². The molecule has 0 aliphatic heterocycles. The van der Waals surface area contributed by atoms with Gasteiger partial charge in [-0.15, -0.1) is 0 Å². The number of fused-ring (bicyclic) bond motifs is 1. The molecule has 3 heterocycles. The Morgan fingerprint density at radius 2 is 2.25 bits per heavy atom. The first-order chi connectivity index (χ1) is 7.83. The Hall–Kier alpha value is -2.30. The maximum Gasteiger partial charge on any atom is 0.271 e. The smallest absolute Gasteiger partial charge is 0.271 e. The summed E-state index contributed by atoms with van der Waals surface area (Å²) in [4.78, 5) is 15.8. The van der Waals surface area contributed by atoms with E-state index in [1.807, 2.05) is 12.1 Å². The quantitative estimate of drug-likeness (QED) is 0.698. The fourth-order valence-corrected chi connectivity index (χ4v) is 1.63. The molecule has 0 spiro atoms. The molecule has 3 aromatic rings. The molecule has 0 atom stereocenters. The summed E-state index contributed by atoms with van der Waals surface area (Å²) >= 11 is 0. The summed E-state index contributed by atoms with van der Waals surface area (Å²) in [6.07, 6.45) is 2.16. The lowest BCUT2D eigenvalue weighted by atomic mass is 10.3. The van der Waals surface area contributed by atoms with Gasteiger partial charge < -0.3 is 4.42 Å². The lowest BCUT2D eigenvalue weighted by Gasteiger charge is -1.90. The highest BCUT2D eigenvalue weighted by Gasteiger charge is 2.05. The Morgan fingerprint density at radius 1 is 1.31 bits per heavy atom. The van der Waals surface area contributed by atoms with Crippen LogP contribution in [0.25, 0.3) is 5.65 Å². The van der Waals surface area contributed by atoms with E-state index in [1.165, 1.54) is 10.6 Å². The van der Waals surface area contributed by atoms with Crippen molar-refractivity contribution >= 4 is 5.65 Å². The molecule has 5 nitrogen and oxygen atoms in total. The van der Waals surface area contributed by atoms with Gasteiger partial charge in [-0.2, -0.15) is 0 Å². The number of nitrogens with one attached hydrogen (secondary N) is 1. The Morgan fingerprint density at radius 3 is 3.00 bits per heavy atom. The predicted octanol–water partition coefficient (Wildman–Crippen LogP) is 1.21. The molecule has 0 saturated heterocycles. The minimum atomic E-state index is -0.115. The number of H-pyrrole nitrogens is 1. The Balaban J connectivity index is 2.06. The number of aromatic nitrogens is 3. The monoisotopic (exact) mass is 215 g/mol.